The van der Waals surface area contributed by atoms with Crippen molar-refractivity contribution >= 4 is 15.7 Å². The summed E-state index contributed by atoms with van der Waals surface area (Å²) in [5.41, 5.74) is 1.69. The highest BCUT2D eigenvalue weighted by Crippen LogP contribution is 2.37. The molecule has 2 aliphatic heterocycles. The number of ether oxygens (including phenoxy) is 3. The van der Waals surface area contributed by atoms with Crippen molar-refractivity contribution in [2.24, 2.45) is 0 Å². The van der Waals surface area contributed by atoms with E-state index in [1.807, 2.05) is 12.1 Å². The summed E-state index contributed by atoms with van der Waals surface area (Å²) < 4.78 is 44.5. The van der Waals surface area contributed by atoms with E-state index in [9.17, 15) is 8.42 Å². The van der Waals surface area contributed by atoms with Gasteiger partial charge in [-0.15, -0.1) is 0 Å². The van der Waals surface area contributed by atoms with E-state index in [1.165, 1.54) is 4.31 Å². The minimum Gasteiger partial charge on any atom is -0.497 e. The van der Waals surface area contributed by atoms with Crippen molar-refractivity contribution in [1.82, 2.24) is 0 Å². The first-order valence-corrected chi connectivity index (χ1v) is 10.1. The van der Waals surface area contributed by atoms with E-state index in [1.54, 1.807) is 31.4 Å². The maximum Gasteiger partial charge on any atom is 0.264 e. The van der Waals surface area contributed by atoms with Crippen LogP contribution in [-0.4, -0.2) is 35.3 Å². The smallest absolute Gasteiger partial charge is 0.264 e. The van der Waals surface area contributed by atoms with Crippen molar-refractivity contribution in [2.75, 3.05) is 31.2 Å². The van der Waals surface area contributed by atoms with Gasteiger partial charge in [0.2, 0.25) is 0 Å². The Labute approximate surface area is 153 Å². The van der Waals surface area contributed by atoms with Crippen molar-refractivity contribution in [2.45, 2.75) is 24.2 Å². The lowest BCUT2D eigenvalue weighted by atomic mass is 10.0. The predicted octanol–water partition coefficient (Wildman–Crippen LogP) is 3.00. The second kappa shape index (κ2) is 6.72. The first kappa shape index (κ1) is 17.0. The van der Waals surface area contributed by atoms with Gasteiger partial charge in [0.15, 0.2) is 11.5 Å². The van der Waals surface area contributed by atoms with Gasteiger partial charge in [-0.3, -0.25) is 4.31 Å². The molecule has 0 unspecified atom stereocenters. The summed E-state index contributed by atoms with van der Waals surface area (Å²) in [4.78, 5) is 0.213. The van der Waals surface area contributed by atoms with Crippen molar-refractivity contribution in [3.05, 3.63) is 42.0 Å². The zero-order valence-corrected chi connectivity index (χ0v) is 15.4. The van der Waals surface area contributed by atoms with Gasteiger partial charge in [-0.05, 0) is 48.7 Å². The van der Waals surface area contributed by atoms with E-state index in [0.29, 0.717) is 36.9 Å². The number of methoxy groups -OCH3 is 1. The average molecular weight is 375 g/mol. The van der Waals surface area contributed by atoms with Crippen LogP contribution in [0.5, 0.6) is 17.2 Å². The molecular weight excluding hydrogens is 354 g/mol. The van der Waals surface area contributed by atoms with Crippen LogP contribution in [-0.2, 0) is 16.4 Å². The van der Waals surface area contributed by atoms with Gasteiger partial charge in [0.1, 0.15) is 5.75 Å². The lowest BCUT2D eigenvalue weighted by Gasteiger charge is -2.30. The molecular formula is C19H21NO5S. The van der Waals surface area contributed by atoms with Gasteiger partial charge in [-0.25, -0.2) is 8.42 Å². The van der Waals surface area contributed by atoms with Gasteiger partial charge in [0.05, 0.1) is 30.9 Å². The number of benzene rings is 2. The molecule has 0 amide bonds. The topological polar surface area (TPSA) is 65.1 Å². The van der Waals surface area contributed by atoms with E-state index < -0.39 is 10.0 Å². The molecule has 0 spiro atoms. The van der Waals surface area contributed by atoms with Gasteiger partial charge in [-0.1, -0.05) is 0 Å². The molecule has 2 aromatic carbocycles. The molecule has 0 aromatic heterocycles. The minimum atomic E-state index is -3.68. The molecule has 138 valence electrons. The fourth-order valence-electron chi connectivity index (χ4n) is 3.35. The maximum absolute atomic E-state index is 13.3. The van der Waals surface area contributed by atoms with Crippen molar-refractivity contribution < 1.29 is 22.6 Å². The first-order valence-electron chi connectivity index (χ1n) is 8.69. The number of anilines is 1. The summed E-state index contributed by atoms with van der Waals surface area (Å²) in [6.45, 7) is 1.54. The number of aryl methyl sites for hydroxylation is 1. The third-order valence-corrected chi connectivity index (χ3v) is 6.48. The molecule has 2 heterocycles. The molecule has 26 heavy (non-hydrogen) atoms. The average Bonchev–Trinajstić information content (AvgIpc) is 2.91. The standard InChI is InChI=1S/C19H21NO5S/c1-23-15-5-7-17-14(12-15)4-2-9-20(17)26(21,22)16-6-8-18-19(13-16)25-11-3-10-24-18/h5-8,12-13H,2-4,9-11H2,1H3. The summed E-state index contributed by atoms with van der Waals surface area (Å²) in [6, 6.07) is 10.3. The van der Waals surface area contributed by atoms with E-state index in [-0.39, 0.29) is 4.90 Å². The lowest BCUT2D eigenvalue weighted by molar-refractivity contribution is 0.297. The van der Waals surface area contributed by atoms with E-state index in [0.717, 1.165) is 30.6 Å². The molecule has 0 saturated carbocycles. The summed E-state index contributed by atoms with van der Waals surface area (Å²) in [6.07, 6.45) is 2.38. The minimum absolute atomic E-state index is 0.213. The van der Waals surface area contributed by atoms with Crippen LogP contribution >= 0.6 is 0 Å². The second-order valence-electron chi connectivity index (χ2n) is 6.33. The third-order valence-electron chi connectivity index (χ3n) is 4.67. The Hall–Kier alpha value is -2.41. The largest absolute Gasteiger partial charge is 0.497 e. The Morgan fingerprint density at radius 3 is 2.62 bits per heavy atom. The highest BCUT2D eigenvalue weighted by Gasteiger charge is 2.30. The van der Waals surface area contributed by atoms with Crippen molar-refractivity contribution in [3.63, 3.8) is 0 Å². The van der Waals surface area contributed by atoms with Crippen LogP contribution in [0, 0.1) is 0 Å². The molecule has 0 fully saturated rings. The highest BCUT2D eigenvalue weighted by atomic mass is 32.2. The van der Waals surface area contributed by atoms with Crippen LogP contribution in [0.25, 0.3) is 0 Å². The van der Waals surface area contributed by atoms with Gasteiger partial charge in [0.25, 0.3) is 10.0 Å². The zero-order chi connectivity index (χ0) is 18.1. The Kier molecular flexibility index (Phi) is 4.40. The first-order chi connectivity index (χ1) is 12.6. The number of nitrogens with zero attached hydrogens (tertiary/aromatic N) is 1. The molecule has 0 atom stereocenters. The van der Waals surface area contributed by atoms with Crippen molar-refractivity contribution in [3.8, 4) is 17.2 Å². The van der Waals surface area contributed by atoms with E-state index >= 15 is 0 Å². The Morgan fingerprint density at radius 1 is 1.00 bits per heavy atom. The summed E-state index contributed by atoms with van der Waals surface area (Å²) in [5, 5.41) is 0. The van der Waals surface area contributed by atoms with E-state index in [2.05, 4.69) is 0 Å². The number of hydrogen-bond donors (Lipinski definition) is 0. The number of fused-ring (bicyclic) bond motifs is 2. The third kappa shape index (κ3) is 2.96. The van der Waals surface area contributed by atoms with Crippen LogP contribution in [0.1, 0.15) is 18.4 Å². The van der Waals surface area contributed by atoms with Gasteiger partial charge < -0.3 is 14.2 Å². The second-order valence-corrected chi connectivity index (χ2v) is 8.20. The highest BCUT2D eigenvalue weighted by molar-refractivity contribution is 7.92. The monoisotopic (exact) mass is 375 g/mol. The SMILES string of the molecule is COc1ccc2c(c1)CCCN2S(=O)(=O)c1ccc2c(c1)OCCCO2. The van der Waals surface area contributed by atoms with Crippen LogP contribution in [0.3, 0.4) is 0 Å². The fraction of sp³-hybridized carbons (Fsp3) is 0.368. The molecule has 0 aliphatic carbocycles. The molecule has 4 rings (SSSR count). The Bertz CT molecular complexity index is 926. The van der Waals surface area contributed by atoms with Crippen LogP contribution in [0.15, 0.2) is 41.3 Å². The molecule has 2 aromatic rings. The molecule has 0 saturated heterocycles. The van der Waals surface area contributed by atoms with Crippen LogP contribution < -0.4 is 18.5 Å². The lowest BCUT2D eigenvalue weighted by Crippen LogP contribution is -2.35. The summed E-state index contributed by atoms with van der Waals surface area (Å²) >= 11 is 0. The molecule has 0 N–H and O–H groups in total. The molecule has 0 radical (unpaired) electrons. The summed E-state index contributed by atoms with van der Waals surface area (Å²) in [7, 11) is -2.08. The number of hydrogen-bond acceptors (Lipinski definition) is 5. The maximum atomic E-state index is 13.3. The summed E-state index contributed by atoms with van der Waals surface area (Å²) in [5.74, 6) is 1.80. The van der Waals surface area contributed by atoms with E-state index in [4.69, 9.17) is 14.2 Å². The Morgan fingerprint density at radius 2 is 1.81 bits per heavy atom. The number of sulfonamides is 1. The fourth-order valence-corrected chi connectivity index (χ4v) is 4.90. The van der Waals surface area contributed by atoms with Gasteiger partial charge in [0, 0.05) is 19.0 Å². The van der Waals surface area contributed by atoms with Crippen LogP contribution in [0.2, 0.25) is 0 Å². The molecule has 7 heteroatoms. The molecule has 0 bridgehead atoms. The quantitative estimate of drug-likeness (QED) is 0.825. The van der Waals surface area contributed by atoms with Gasteiger partial charge >= 0.3 is 0 Å². The predicted molar refractivity (Wildman–Crippen MR) is 97.9 cm³/mol. The molecule has 6 nitrogen and oxygen atoms in total. The number of rotatable bonds is 3. The normalized spacial score (nSPS) is 16.6. The van der Waals surface area contributed by atoms with Crippen LogP contribution in [0.4, 0.5) is 5.69 Å². The Balaban J connectivity index is 1.73. The molecule has 2 aliphatic rings. The zero-order valence-electron chi connectivity index (χ0n) is 14.6. The van der Waals surface area contributed by atoms with Crippen molar-refractivity contribution in [1.29, 1.82) is 0 Å². The van der Waals surface area contributed by atoms with Gasteiger partial charge in [-0.2, -0.15) is 0 Å².